The Labute approximate surface area is 176 Å². The number of benzene rings is 1. The number of likely N-dealkylation sites (tertiary alicyclic amines) is 1. The van der Waals surface area contributed by atoms with Crippen LogP contribution in [0.1, 0.15) is 32.6 Å². The lowest BCUT2D eigenvalue weighted by molar-refractivity contribution is -0.132. The van der Waals surface area contributed by atoms with Crippen molar-refractivity contribution in [3.8, 4) is 11.4 Å². The van der Waals surface area contributed by atoms with Gasteiger partial charge in [0.05, 0.1) is 12.0 Å². The van der Waals surface area contributed by atoms with Gasteiger partial charge in [0, 0.05) is 30.9 Å². The van der Waals surface area contributed by atoms with Gasteiger partial charge in [-0.1, -0.05) is 18.7 Å². The van der Waals surface area contributed by atoms with Gasteiger partial charge in [0.25, 0.3) is 0 Å². The summed E-state index contributed by atoms with van der Waals surface area (Å²) in [6.07, 6.45) is 5.46. The number of hydrogen-bond acceptors (Lipinski definition) is 6. The average Bonchev–Trinajstić information content (AvgIpc) is 3.06. The second kappa shape index (κ2) is 9.17. The quantitative estimate of drug-likeness (QED) is 0.669. The molecule has 0 bridgehead atoms. The van der Waals surface area contributed by atoms with E-state index in [1.807, 2.05) is 16.5 Å². The van der Waals surface area contributed by atoms with Crippen LogP contribution in [0.3, 0.4) is 0 Å². The van der Waals surface area contributed by atoms with E-state index in [1.54, 1.807) is 24.3 Å². The Morgan fingerprint density at radius 3 is 2.62 bits per heavy atom. The summed E-state index contributed by atoms with van der Waals surface area (Å²) in [5.41, 5.74) is 1.31. The Morgan fingerprint density at radius 1 is 1.24 bits per heavy atom. The maximum absolute atomic E-state index is 12.7. The predicted octanol–water partition coefficient (Wildman–Crippen LogP) is 2.74. The van der Waals surface area contributed by atoms with Gasteiger partial charge in [0.15, 0.2) is 11.0 Å². The zero-order valence-corrected chi connectivity index (χ0v) is 18.6. The fourth-order valence-corrected chi connectivity index (χ4v) is 4.92. The Balaban J connectivity index is 1.65. The van der Waals surface area contributed by atoms with Crippen molar-refractivity contribution in [3.05, 3.63) is 24.3 Å². The summed E-state index contributed by atoms with van der Waals surface area (Å²) in [7, 11) is -1.45. The molecular formula is C19H27N5O3S2. The third kappa shape index (κ3) is 5.51. The summed E-state index contributed by atoms with van der Waals surface area (Å²) in [6.45, 7) is 2.98. The molecule has 1 amide bonds. The van der Waals surface area contributed by atoms with Crippen LogP contribution in [0.15, 0.2) is 29.4 Å². The van der Waals surface area contributed by atoms with Crippen LogP contribution in [0.5, 0.6) is 0 Å². The van der Waals surface area contributed by atoms with Crippen molar-refractivity contribution in [2.24, 2.45) is 7.05 Å². The summed E-state index contributed by atoms with van der Waals surface area (Å²) < 4.78 is 26.9. The van der Waals surface area contributed by atoms with Gasteiger partial charge >= 0.3 is 0 Å². The predicted molar refractivity (Wildman–Crippen MR) is 115 cm³/mol. The van der Waals surface area contributed by atoms with E-state index >= 15 is 0 Å². The molecule has 1 atom stereocenters. The van der Waals surface area contributed by atoms with Crippen LogP contribution in [0, 0.1) is 0 Å². The molecule has 0 saturated carbocycles. The number of aromatic nitrogens is 3. The highest BCUT2D eigenvalue weighted by Gasteiger charge is 2.25. The first kappa shape index (κ1) is 21.6. The van der Waals surface area contributed by atoms with Gasteiger partial charge in [0.2, 0.25) is 15.9 Å². The first-order chi connectivity index (χ1) is 13.8. The number of amides is 1. The van der Waals surface area contributed by atoms with E-state index in [2.05, 4.69) is 21.8 Å². The molecule has 1 saturated heterocycles. The third-order valence-electron chi connectivity index (χ3n) is 5.02. The molecule has 2 aromatic rings. The van der Waals surface area contributed by atoms with E-state index in [9.17, 15) is 13.2 Å². The molecule has 1 aliphatic heterocycles. The van der Waals surface area contributed by atoms with Gasteiger partial charge in [-0.2, -0.15) is 0 Å². The lowest BCUT2D eigenvalue weighted by Crippen LogP contribution is -2.44. The average molecular weight is 438 g/mol. The number of carbonyl (C=O) groups excluding carboxylic acids is 1. The second-order valence-corrected chi connectivity index (χ2v) is 9.94. The van der Waals surface area contributed by atoms with Crippen molar-refractivity contribution in [1.82, 2.24) is 19.7 Å². The fraction of sp³-hybridized carbons (Fsp3) is 0.526. The molecule has 1 unspecified atom stereocenters. The number of anilines is 1. The molecule has 10 heteroatoms. The van der Waals surface area contributed by atoms with Crippen LogP contribution in [0.25, 0.3) is 11.4 Å². The molecule has 1 fully saturated rings. The van der Waals surface area contributed by atoms with Gasteiger partial charge in [-0.3, -0.25) is 9.52 Å². The molecule has 1 aliphatic rings. The number of sulfonamides is 1. The Hall–Kier alpha value is -2.07. The van der Waals surface area contributed by atoms with Crippen molar-refractivity contribution >= 4 is 33.4 Å². The number of carbonyl (C=O) groups is 1. The highest BCUT2D eigenvalue weighted by molar-refractivity contribution is 7.99. The number of thioether (sulfide) groups is 1. The highest BCUT2D eigenvalue weighted by Crippen LogP contribution is 2.26. The minimum Gasteiger partial charge on any atom is -0.339 e. The van der Waals surface area contributed by atoms with Crippen molar-refractivity contribution in [3.63, 3.8) is 0 Å². The standard InChI is InChI=1S/C19H27N5O3S2/c1-4-16-7-5-6-12-24(16)17(25)13-28-19-21-20-18(23(19)2)14-8-10-15(11-9-14)22-29(3,26)27/h8-11,16,22H,4-7,12-13H2,1-3H3. The first-order valence-corrected chi connectivity index (χ1v) is 12.6. The van der Waals surface area contributed by atoms with Crippen molar-refractivity contribution in [2.75, 3.05) is 23.3 Å². The van der Waals surface area contributed by atoms with Gasteiger partial charge in [-0.15, -0.1) is 10.2 Å². The van der Waals surface area contributed by atoms with Crippen LogP contribution >= 0.6 is 11.8 Å². The second-order valence-electron chi connectivity index (χ2n) is 7.25. The summed E-state index contributed by atoms with van der Waals surface area (Å²) in [6, 6.07) is 7.30. The first-order valence-electron chi connectivity index (χ1n) is 9.68. The van der Waals surface area contributed by atoms with Crippen molar-refractivity contribution < 1.29 is 13.2 Å². The molecular weight excluding hydrogens is 410 g/mol. The molecule has 29 heavy (non-hydrogen) atoms. The van der Waals surface area contributed by atoms with Gasteiger partial charge < -0.3 is 9.47 Å². The number of hydrogen-bond donors (Lipinski definition) is 1. The number of piperidine rings is 1. The molecule has 1 aromatic carbocycles. The fourth-order valence-electron chi connectivity index (χ4n) is 3.56. The molecule has 1 aromatic heterocycles. The van der Waals surface area contributed by atoms with E-state index in [0.717, 1.165) is 37.6 Å². The van der Waals surface area contributed by atoms with E-state index < -0.39 is 10.0 Å². The maximum Gasteiger partial charge on any atom is 0.233 e. The minimum absolute atomic E-state index is 0.155. The molecule has 2 heterocycles. The Kier molecular flexibility index (Phi) is 6.84. The van der Waals surface area contributed by atoms with E-state index in [1.165, 1.54) is 18.2 Å². The monoisotopic (exact) mass is 437 g/mol. The SMILES string of the molecule is CCC1CCCCN1C(=O)CSc1nnc(-c2ccc(NS(C)(=O)=O)cc2)n1C. The number of nitrogens with one attached hydrogen (secondary N) is 1. The van der Waals surface area contributed by atoms with E-state index in [-0.39, 0.29) is 5.91 Å². The molecule has 158 valence electrons. The lowest BCUT2D eigenvalue weighted by Gasteiger charge is -2.35. The van der Waals surface area contributed by atoms with Crippen molar-refractivity contribution in [1.29, 1.82) is 0 Å². The van der Waals surface area contributed by atoms with Crippen molar-refractivity contribution in [2.45, 2.75) is 43.8 Å². The smallest absolute Gasteiger partial charge is 0.233 e. The summed E-state index contributed by atoms with van der Waals surface area (Å²) in [5, 5.41) is 9.14. The molecule has 3 rings (SSSR count). The van der Waals surface area contributed by atoms with Gasteiger partial charge in [0.1, 0.15) is 0 Å². The Morgan fingerprint density at radius 2 is 1.97 bits per heavy atom. The molecule has 8 nitrogen and oxygen atoms in total. The maximum atomic E-state index is 12.7. The zero-order chi connectivity index (χ0) is 21.0. The number of rotatable bonds is 7. The van der Waals surface area contributed by atoms with Gasteiger partial charge in [-0.05, 0) is 49.9 Å². The Bertz CT molecular complexity index is 957. The van der Waals surface area contributed by atoms with Crippen LogP contribution in [-0.2, 0) is 21.9 Å². The highest BCUT2D eigenvalue weighted by atomic mass is 32.2. The largest absolute Gasteiger partial charge is 0.339 e. The van der Waals surface area contributed by atoms with Crippen LogP contribution in [0.4, 0.5) is 5.69 Å². The summed E-state index contributed by atoms with van der Waals surface area (Å²) in [5.74, 6) is 1.16. The normalized spacial score (nSPS) is 17.3. The molecule has 1 N–H and O–H groups in total. The number of nitrogens with zero attached hydrogens (tertiary/aromatic N) is 4. The van der Waals surface area contributed by atoms with Crippen LogP contribution in [0.2, 0.25) is 0 Å². The van der Waals surface area contributed by atoms with Gasteiger partial charge in [-0.25, -0.2) is 8.42 Å². The molecule has 0 aliphatic carbocycles. The minimum atomic E-state index is -3.31. The summed E-state index contributed by atoms with van der Waals surface area (Å²) >= 11 is 1.39. The summed E-state index contributed by atoms with van der Waals surface area (Å²) in [4.78, 5) is 14.7. The molecule has 0 spiro atoms. The topological polar surface area (TPSA) is 97.2 Å². The van der Waals surface area contributed by atoms with Crippen LogP contribution in [-0.4, -0.2) is 58.6 Å². The lowest BCUT2D eigenvalue weighted by atomic mass is 10.0. The van der Waals surface area contributed by atoms with E-state index in [0.29, 0.717) is 28.5 Å². The third-order valence-corrected chi connectivity index (χ3v) is 6.64. The molecule has 0 radical (unpaired) electrons. The van der Waals surface area contributed by atoms with E-state index in [4.69, 9.17) is 0 Å². The zero-order valence-electron chi connectivity index (χ0n) is 17.0. The van der Waals surface area contributed by atoms with Crippen LogP contribution < -0.4 is 4.72 Å².